The highest BCUT2D eigenvalue weighted by atomic mass is 79.9. The fourth-order valence-corrected chi connectivity index (χ4v) is 5.01. The van der Waals surface area contributed by atoms with Gasteiger partial charge in [0.1, 0.15) is 17.0 Å². The first-order valence-corrected chi connectivity index (χ1v) is 12.0. The van der Waals surface area contributed by atoms with E-state index in [1.165, 1.54) is 34.3 Å². The Labute approximate surface area is 202 Å². The van der Waals surface area contributed by atoms with Gasteiger partial charge in [-0.2, -0.15) is 4.98 Å². The number of benzene rings is 2. The molecule has 0 bridgehead atoms. The number of nitrogens with two attached hydrogens (primary N) is 1. The van der Waals surface area contributed by atoms with E-state index in [9.17, 15) is 9.18 Å². The van der Waals surface area contributed by atoms with Gasteiger partial charge in [-0.1, -0.05) is 34.1 Å². The number of aromatic nitrogens is 4. The van der Waals surface area contributed by atoms with Gasteiger partial charge in [0.2, 0.25) is 5.95 Å². The molecule has 7 nitrogen and oxygen atoms in total. The Morgan fingerprint density at radius 2 is 2.00 bits per heavy atom. The molecule has 0 atom stereocenters. The van der Waals surface area contributed by atoms with E-state index < -0.39 is 5.82 Å². The van der Waals surface area contributed by atoms with E-state index in [-0.39, 0.29) is 23.2 Å². The molecule has 0 radical (unpaired) electrons. The molecule has 0 aliphatic heterocycles. The third-order valence-corrected chi connectivity index (χ3v) is 6.59. The molecule has 3 N–H and O–H groups in total. The summed E-state index contributed by atoms with van der Waals surface area (Å²) in [6, 6.07) is 10.5. The maximum atomic E-state index is 14.9. The first-order valence-electron chi connectivity index (χ1n) is 10.2. The van der Waals surface area contributed by atoms with Gasteiger partial charge in [-0.15, -0.1) is 0 Å². The molecule has 10 heteroatoms. The number of nitrogen functional groups attached to an aromatic ring is 1. The molecule has 0 amide bonds. The van der Waals surface area contributed by atoms with Crippen LogP contribution in [0, 0.1) is 12.7 Å². The second-order valence-electron chi connectivity index (χ2n) is 7.85. The van der Waals surface area contributed by atoms with Gasteiger partial charge in [0.05, 0.1) is 11.9 Å². The molecule has 2 heterocycles. The van der Waals surface area contributed by atoms with Crippen LogP contribution in [0.5, 0.6) is 0 Å². The normalized spacial score (nSPS) is 11.3. The summed E-state index contributed by atoms with van der Waals surface area (Å²) in [5.41, 5.74) is 9.19. The maximum Gasteiger partial charge on any atom is 0.278 e. The molecule has 0 aliphatic rings. The molecular weight excluding hydrogens is 507 g/mol. The SMILES string of the molecule is Cc1ccc(CSNc2ccc(-c3nc4cnc(N)nc4n(C(C)C)c3=O)cc2F)c(Br)c1. The molecule has 2 aromatic carbocycles. The molecule has 33 heavy (non-hydrogen) atoms. The average Bonchev–Trinajstić information content (AvgIpc) is 2.75. The van der Waals surface area contributed by atoms with E-state index in [0.29, 0.717) is 28.2 Å². The summed E-state index contributed by atoms with van der Waals surface area (Å²) in [6.07, 6.45) is 1.46. The summed E-state index contributed by atoms with van der Waals surface area (Å²) < 4.78 is 20.4. The van der Waals surface area contributed by atoms with Crippen molar-refractivity contribution in [2.45, 2.75) is 32.6 Å². The Hall–Kier alpha value is -2.98. The highest BCUT2D eigenvalue weighted by Gasteiger charge is 2.17. The van der Waals surface area contributed by atoms with E-state index in [1.807, 2.05) is 39.0 Å². The van der Waals surface area contributed by atoms with Gasteiger partial charge in [0.25, 0.3) is 5.56 Å². The quantitative estimate of drug-likeness (QED) is 0.319. The van der Waals surface area contributed by atoms with Crippen LogP contribution in [0.4, 0.5) is 16.0 Å². The zero-order chi connectivity index (χ0) is 23.7. The number of hydrogen-bond donors (Lipinski definition) is 2. The van der Waals surface area contributed by atoms with Crippen molar-refractivity contribution in [1.29, 1.82) is 0 Å². The summed E-state index contributed by atoms with van der Waals surface area (Å²) in [5.74, 6) is 0.229. The Balaban J connectivity index is 1.62. The summed E-state index contributed by atoms with van der Waals surface area (Å²) in [6.45, 7) is 5.75. The van der Waals surface area contributed by atoms with Crippen LogP contribution in [-0.4, -0.2) is 19.5 Å². The summed E-state index contributed by atoms with van der Waals surface area (Å²) in [7, 11) is 0. The molecule has 4 aromatic rings. The van der Waals surface area contributed by atoms with Crippen molar-refractivity contribution in [2.24, 2.45) is 0 Å². The van der Waals surface area contributed by atoms with Crippen molar-refractivity contribution in [2.75, 3.05) is 10.5 Å². The Morgan fingerprint density at radius 3 is 2.70 bits per heavy atom. The van der Waals surface area contributed by atoms with Crippen molar-refractivity contribution in [3.8, 4) is 11.3 Å². The van der Waals surface area contributed by atoms with E-state index in [2.05, 4.69) is 35.6 Å². The fraction of sp³-hybridized carbons (Fsp3) is 0.217. The van der Waals surface area contributed by atoms with Gasteiger partial charge in [0, 0.05) is 21.8 Å². The Bertz CT molecular complexity index is 1410. The van der Waals surface area contributed by atoms with E-state index in [4.69, 9.17) is 5.73 Å². The Kier molecular flexibility index (Phi) is 6.66. The van der Waals surface area contributed by atoms with Crippen LogP contribution in [0.25, 0.3) is 22.4 Å². The van der Waals surface area contributed by atoms with Crippen molar-refractivity contribution in [3.63, 3.8) is 0 Å². The second-order valence-corrected chi connectivity index (χ2v) is 9.48. The molecule has 0 unspecified atom stereocenters. The molecule has 2 aromatic heterocycles. The first kappa shape index (κ1) is 23.2. The predicted molar refractivity (Wildman–Crippen MR) is 136 cm³/mol. The van der Waals surface area contributed by atoms with Crippen LogP contribution in [0.1, 0.15) is 31.0 Å². The zero-order valence-electron chi connectivity index (χ0n) is 18.3. The number of anilines is 2. The van der Waals surface area contributed by atoms with E-state index in [1.54, 1.807) is 12.1 Å². The molecule has 0 spiro atoms. The van der Waals surface area contributed by atoms with E-state index in [0.717, 1.165) is 10.0 Å². The first-order chi connectivity index (χ1) is 15.7. The number of rotatable bonds is 6. The van der Waals surface area contributed by atoms with Crippen LogP contribution in [-0.2, 0) is 5.75 Å². The van der Waals surface area contributed by atoms with Gasteiger partial charge < -0.3 is 10.5 Å². The number of nitrogens with zero attached hydrogens (tertiary/aromatic N) is 4. The van der Waals surface area contributed by atoms with Crippen molar-refractivity contribution < 1.29 is 4.39 Å². The minimum atomic E-state index is -0.478. The molecule has 0 aliphatic carbocycles. The van der Waals surface area contributed by atoms with Crippen molar-refractivity contribution in [1.82, 2.24) is 19.5 Å². The zero-order valence-corrected chi connectivity index (χ0v) is 20.7. The fourth-order valence-electron chi connectivity index (χ4n) is 3.39. The van der Waals surface area contributed by atoms with Crippen LogP contribution in [0.15, 0.2) is 51.9 Å². The highest BCUT2D eigenvalue weighted by molar-refractivity contribution is 9.10. The number of aryl methyl sites for hydroxylation is 1. The van der Waals surface area contributed by atoms with Gasteiger partial charge in [-0.3, -0.25) is 9.36 Å². The summed E-state index contributed by atoms with van der Waals surface area (Å²) >= 11 is 4.94. The summed E-state index contributed by atoms with van der Waals surface area (Å²) in [5, 5.41) is 0. The molecule has 0 saturated carbocycles. The molecule has 0 fully saturated rings. The van der Waals surface area contributed by atoms with Crippen LogP contribution >= 0.6 is 27.9 Å². The Morgan fingerprint density at radius 1 is 1.21 bits per heavy atom. The smallest absolute Gasteiger partial charge is 0.278 e. The molecule has 4 rings (SSSR count). The largest absolute Gasteiger partial charge is 0.368 e. The van der Waals surface area contributed by atoms with Crippen molar-refractivity contribution in [3.05, 3.63) is 74.4 Å². The monoisotopic (exact) mass is 528 g/mol. The number of fused-ring (bicyclic) bond motifs is 1. The van der Waals surface area contributed by atoms with Gasteiger partial charge >= 0.3 is 0 Å². The highest BCUT2D eigenvalue weighted by Crippen LogP contribution is 2.27. The topological polar surface area (TPSA) is 98.7 Å². The lowest BCUT2D eigenvalue weighted by Gasteiger charge is -2.15. The van der Waals surface area contributed by atoms with Gasteiger partial charge in [0.15, 0.2) is 5.65 Å². The lowest BCUT2D eigenvalue weighted by molar-refractivity contribution is 0.593. The summed E-state index contributed by atoms with van der Waals surface area (Å²) in [4.78, 5) is 25.7. The average molecular weight is 529 g/mol. The minimum absolute atomic E-state index is 0.0579. The number of hydrogen-bond acceptors (Lipinski definition) is 7. The standard InChI is InChI=1S/C23H22BrFN6OS/c1-12(2)31-21-19(10-27-23(26)29-21)28-20(22(31)32)14-6-7-18(17(25)9-14)30-33-11-15-5-4-13(3)8-16(15)24/h4-10,12,30H,11H2,1-3H3,(H2,26,27,29). The van der Waals surface area contributed by atoms with Crippen LogP contribution < -0.4 is 16.0 Å². The van der Waals surface area contributed by atoms with E-state index >= 15 is 0 Å². The second kappa shape index (κ2) is 9.48. The predicted octanol–water partition coefficient (Wildman–Crippen LogP) is 5.49. The number of halogens is 2. The molecule has 0 saturated heterocycles. The minimum Gasteiger partial charge on any atom is -0.368 e. The van der Waals surface area contributed by atoms with Crippen LogP contribution in [0.3, 0.4) is 0 Å². The molecular formula is C23H22BrFN6OS. The third-order valence-electron chi connectivity index (χ3n) is 5.03. The third kappa shape index (κ3) is 4.86. The van der Waals surface area contributed by atoms with Crippen molar-refractivity contribution >= 4 is 50.7 Å². The number of nitrogens with one attached hydrogen (secondary N) is 1. The van der Waals surface area contributed by atoms with Gasteiger partial charge in [-0.25, -0.2) is 14.4 Å². The van der Waals surface area contributed by atoms with Gasteiger partial charge in [-0.05, 0) is 62.0 Å². The molecule has 170 valence electrons. The maximum absolute atomic E-state index is 14.9. The lowest BCUT2D eigenvalue weighted by atomic mass is 10.1. The lowest BCUT2D eigenvalue weighted by Crippen LogP contribution is -2.26. The van der Waals surface area contributed by atoms with Crippen LogP contribution in [0.2, 0.25) is 0 Å².